The van der Waals surface area contributed by atoms with Gasteiger partial charge in [0.15, 0.2) is 0 Å². The van der Waals surface area contributed by atoms with Crippen molar-refractivity contribution in [1.82, 2.24) is 14.9 Å². The first-order chi connectivity index (χ1) is 15.8. The number of phenolic OH excluding ortho intramolecular Hbond substituents is 2. The average molecular weight is 447 g/mol. The second-order valence-electron chi connectivity index (χ2n) is 9.39. The van der Waals surface area contributed by atoms with E-state index in [9.17, 15) is 10.2 Å². The van der Waals surface area contributed by atoms with Crippen LogP contribution < -0.4 is 4.90 Å². The van der Waals surface area contributed by atoms with Gasteiger partial charge in [-0.05, 0) is 73.9 Å². The molecule has 2 aromatic carbocycles. The van der Waals surface area contributed by atoms with Crippen LogP contribution in [0.2, 0.25) is 0 Å². The van der Waals surface area contributed by atoms with Crippen LogP contribution in [0.3, 0.4) is 0 Å². The number of aromatic hydroxyl groups is 2. The minimum Gasteiger partial charge on any atom is -0.507 e. The lowest BCUT2D eigenvalue weighted by atomic mass is 10.0. The molecule has 2 N–H and O–H groups in total. The van der Waals surface area contributed by atoms with Crippen molar-refractivity contribution in [2.75, 3.05) is 18.0 Å². The van der Waals surface area contributed by atoms with Gasteiger partial charge in [-0.15, -0.1) is 0 Å². The summed E-state index contributed by atoms with van der Waals surface area (Å²) in [4.78, 5) is 13.9. The van der Waals surface area contributed by atoms with Gasteiger partial charge in [0.1, 0.15) is 11.5 Å². The van der Waals surface area contributed by atoms with Gasteiger partial charge in [-0.1, -0.05) is 24.3 Å². The van der Waals surface area contributed by atoms with Crippen LogP contribution in [0.25, 0.3) is 0 Å². The Morgan fingerprint density at radius 3 is 1.52 bits per heavy atom. The van der Waals surface area contributed by atoms with Crippen molar-refractivity contribution in [3.05, 3.63) is 75.6 Å². The Balaban J connectivity index is 1.57. The standard InChI is InChI=1S/C27H34N4O2/c1-18-9-22(10-19(2)25(18)32)15-30(16-23-11-20(3)26(33)21(4)12-23)17-24-13-28-27(29-14-24)31-7-5-6-8-31/h9-14,32-33H,5-8,15-17H2,1-4H3. The van der Waals surface area contributed by atoms with E-state index in [0.717, 1.165) is 71.1 Å². The second-order valence-corrected chi connectivity index (χ2v) is 9.39. The Morgan fingerprint density at radius 1 is 0.697 bits per heavy atom. The first-order valence-corrected chi connectivity index (χ1v) is 11.7. The molecule has 1 aliphatic rings. The summed E-state index contributed by atoms with van der Waals surface area (Å²) in [5.74, 6) is 1.54. The van der Waals surface area contributed by atoms with Crippen LogP contribution in [0.4, 0.5) is 5.95 Å². The third-order valence-electron chi connectivity index (χ3n) is 6.40. The zero-order chi connectivity index (χ0) is 23.5. The monoisotopic (exact) mass is 446 g/mol. The Bertz CT molecular complexity index is 1020. The van der Waals surface area contributed by atoms with Crippen molar-refractivity contribution in [3.8, 4) is 11.5 Å². The normalized spacial score (nSPS) is 13.8. The van der Waals surface area contributed by atoms with Crippen LogP contribution in [-0.2, 0) is 19.6 Å². The van der Waals surface area contributed by atoms with Gasteiger partial charge in [0.05, 0.1) is 0 Å². The molecule has 0 spiro atoms. The van der Waals surface area contributed by atoms with Crippen molar-refractivity contribution in [2.24, 2.45) is 0 Å². The summed E-state index contributed by atoms with van der Waals surface area (Å²) in [5, 5.41) is 20.4. The number of hydrogen-bond acceptors (Lipinski definition) is 6. The van der Waals surface area contributed by atoms with Crippen LogP contribution in [0, 0.1) is 27.7 Å². The van der Waals surface area contributed by atoms with Crippen molar-refractivity contribution < 1.29 is 10.2 Å². The molecule has 0 saturated carbocycles. The number of aromatic nitrogens is 2. The molecule has 174 valence electrons. The summed E-state index contributed by atoms with van der Waals surface area (Å²) >= 11 is 0. The van der Waals surface area contributed by atoms with E-state index in [-0.39, 0.29) is 0 Å². The fourth-order valence-electron chi connectivity index (χ4n) is 4.73. The van der Waals surface area contributed by atoms with Gasteiger partial charge in [-0.2, -0.15) is 0 Å². The van der Waals surface area contributed by atoms with Crippen LogP contribution in [0.1, 0.15) is 51.8 Å². The molecule has 6 nitrogen and oxygen atoms in total. The zero-order valence-corrected chi connectivity index (χ0v) is 20.1. The molecule has 0 atom stereocenters. The van der Waals surface area contributed by atoms with E-state index in [1.54, 1.807) is 0 Å². The largest absolute Gasteiger partial charge is 0.507 e. The fourth-order valence-corrected chi connectivity index (χ4v) is 4.73. The van der Waals surface area contributed by atoms with E-state index in [1.165, 1.54) is 12.8 Å². The van der Waals surface area contributed by atoms with Gasteiger partial charge in [0.2, 0.25) is 5.95 Å². The quantitative estimate of drug-likeness (QED) is 0.536. The number of aryl methyl sites for hydroxylation is 4. The highest BCUT2D eigenvalue weighted by molar-refractivity contribution is 5.43. The number of hydrogen-bond donors (Lipinski definition) is 2. The number of phenols is 2. The van der Waals surface area contributed by atoms with Crippen LogP contribution in [0.15, 0.2) is 36.7 Å². The lowest BCUT2D eigenvalue weighted by molar-refractivity contribution is 0.246. The number of benzene rings is 2. The van der Waals surface area contributed by atoms with Crippen molar-refractivity contribution in [3.63, 3.8) is 0 Å². The van der Waals surface area contributed by atoms with E-state index < -0.39 is 0 Å². The van der Waals surface area contributed by atoms with E-state index in [2.05, 4.69) is 44.0 Å². The summed E-state index contributed by atoms with van der Waals surface area (Å²) in [6.07, 6.45) is 6.29. The summed E-state index contributed by atoms with van der Waals surface area (Å²) < 4.78 is 0. The maximum Gasteiger partial charge on any atom is 0.225 e. The van der Waals surface area contributed by atoms with Gasteiger partial charge in [0.25, 0.3) is 0 Å². The highest BCUT2D eigenvalue weighted by atomic mass is 16.3. The van der Waals surface area contributed by atoms with Gasteiger partial charge < -0.3 is 15.1 Å². The molecule has 6 heteroatoms. The Labute approximate surface area is 196 Å². The maximum atomic E-state index is 10.2. The molecular weight excluding hydrogens is 412 g/mol. The van der Waals surface area contributed by atoms with E-state index in [4.69, 9.17) is 0 Å². The minimum absolute atomic E-state index is 0.362. The molecule has 1 saturated heterocycles. The van der Waals surface area contributed by atoms with E-state index in [1.807, 2.05) is 40.1 Å². The molecule has 0 bridgehead atoms. The van der Waals surface area contributed by atoms with Crippen LogP contribution in [-0.4, -0.2) is 38.2 Å². The molecule has 4 rings (SSSR count). The lowest BCUT2D eigenvalue weighted by Gasteiger charge is -2.24. The van der Waals surface area contributed by atoms with Gasteiger partial charge >= 0.3 is 0 Å². The molecule has 0 aliphatic carbocycles. The molecule has 33 heavy (non-hydrogen) atoms. The Hall–Kier alpha value is -3.12. The maximum absolute atomic E-state index is 10.2. The molecular formula is C27H34N4O2. The summed E-state index contributed by atoms with van der Waals surface area (Å²) in [6.45, 7) is 12.0. The number of nitrogens with zero attached hydrogens (tertiary/aromatic N) is 4. The Kier molecular flexibility index (Phi) is 6.84. The second kappa shape index (κ2) is 9.79. The number of anilines is 1. The van der Waals surface area contributed by atoms with Crippen LogP contribution in [0.5, 0.6) is 11.5 Å². The fraction of sp³-hybridized carbons (Fsp3) is 0.407. The minimum atomic E-state index is 0.362. The van der Waals surface area contributed by atoms with Crippen molar-refractivity contribution in [2.45, 2.75) is 60.2 Å². The average Bonchev–Trinajstić information content (AvgIpc) is 3.31. The SMILES string of the molecule is Cc1cc(CN(Cc2cnc(N3CCCC3)nc2)Cc2cc(C)c(O)c(C)c2)cc(C)c1O. The first-order valence-electron chi connectivity index (χ1n) is 11.7. The van der Waals surface area contributed by atoms with Gasteiger partial charge in [0, 0.05) is 50.7 Å². The zero-order valence-electron chi connectivity index (χ0n) is 20.1. The Morgan fingerprint density at radius 2 is 1.09 bits per heavy atom. The summed E-state index contributed by atoms with van der Waals surface area (Å²) in [6, 6.07) is 8.20. The molecule has 1 fully saturated rings. The topological polar surface area (TPSA) is 72.7 Å². The van der Waals surface area contributed by atoms with Crippen LogP contribution >= 0.6 is 0 Å². The van der Waals surface area contributed by atoms with Crippen molar-refractivity contribution in [1.29, 1.82) is 0 Å². The molecule has 3 aromatic rings. The predicted molar refractivity (Wildman–Crippen MR) is 132 cm³/mol. The molecule has 1 aromatic heterocycles. The highest BCUT2D eigenvalue weighted by Gasteiger charge is 2.16. The van der Waals surface area contributed by atoms with Crippen molar-refractivity contribution >= 4 is 5.95 Å². The lowest BCUT2D eigenvalue weighted by Crippen LogP contribution is -2.24. The summed E-state index contributed by atoms with van der Waals surface area (Å²) in [7, 11) is 0. The van der Waals surface area contributed by atoms with E-state index >= 15 is 0 Å². The first kappa shape index (κ1) is 23.1. The molecule has 0 amide bonds. The molecule has 0 radical (unpaired) electrons. The summed E-state index contributed by atoms with van der Waals surface area (Å²) in [5.41, 5.74) is 6.94. The molecule has 0 unspecified atom stereocenters. The molecule has 1 aliphatic heterocycles. The van der Waals surface area contributed by atoms with Gasteiger partial charge in [-0.3, -0.25) is 4.90 Å². The van der Waals surface area contributed by atoms with E-state index in [0.29, 0.717) is 18.0 Å². The molecule has 2 heterocycles. The van der Waals surface area contributed by atoms with Gasteiger partial charge in [-0.25, -0.2) is 9.97 Å². The third-order valence-corrected chi connectivity index (χ3v) is 6.40. The highest BCUT2D eigenvalue weighted by Crippen LogP contribution is 2.27. The smallest absolute Gasteiger partial charge is 0.225 e. The number of rotatable bonds is 7. The predicted octanol–water partition coefficient (Wildman–Crippen LogP) is 4.92. The third kappa shape index (κ3) is 5.45.